The summed E-state index contributed by atoms with van der Waals surface area (Å²) >= 11 is 0. The topological polar surface area (TPSA) is 36.6 Å². The molecule has 2 aliphatic rings. The summed E-state index contributed by atoms with van der Waals surface area (Å²) in [5.41, 5.74) is 4.24. The molecule has 172 valence electrons. The maximum Gasteiger partial charge on any atom is 0.161 e. The van der Waals surface area contributed by atoms with Crippen LogP contribution in [0.1, 0.15) is 29.5 Å². The minimum atomic E-state index is 0. The Bertz CT molecular complexity index is 832. The fourth-order valence-electron chi connectivity index (χ4n) is 5.03. The molecule has 0 aliphatic carbocycles. The lowest BCUT2D eigenvalue weighted by molar-refractivity contribution is -0.998. The third kappa shape index (κ3) is 5.98. The number of likely N-dealkylation sites (tertiary alicyclic amines) is 1. The number of benzene rings is 2. The highest BCUT2D eigenvalue weighted by Gasteiger charge is 2.34. The van der Waals surface area contributed by atoms with E-state index in [2.05, 4.69) is 36.4 Å². The Kier molecular flexibility index (Phi) is 9.76. The molecule has 5 nitrogen and oxygen atoms in total. The molecule has 0 saturated carbocycles. The van der Waals surface area contributed by atoms with E-state index in [1.165, 1.54) is 49.2 Å². The van der Waals surface area contributed by atoms with Crippen LogP contribution < -0.4 is 48.8 Å². The number of piperidine rings is 1. The van der Waals surface area contributed by atoms with Crippen LogP contribution >= 0.6 is 0 Å². The number of halogens is 2. The number of methoxy groups -OCH3 is 3. The molecular weight excluding hydrogens is 435 g/mol. The van der Waals surface area contributed by atoms with Gasteiger partial charge in [0.25, 0.3) is 0 Å². The summed E-state index contributed by atoms with van der Waals surface area (Å²) < 4.78 is 16.3. The minimum absolute atomic E-state index is 0. The van der Waals surface area contributed by atoms with Crippen LogP contribution in [0.25, 0.3) is 0 Å². The van der Waals surface area contributed by atoms with Crippen LogP contribution in [0.3, 0.4) is 0 Å². The fraction of sp³-hybridized carbons (Fsp3) is 0.500. The van der Waals surface area contributed by atoms with Gasteiger partial charge in [-0.15, -0.1) is 0 Å². The lowest BCUT2D eigenvalue weighted by atomic mass is 9.95. The molecule has 0 amide bonds. The molecule has 7 heteroatoms. The third-order valence-corrected chi connectivity index (χ3v) is 6.65. The van der Waals surface area contributed by atoms with Gasteiger partial charge in [0.1, 0.15) is 31.4 Å². The van der Waals surface area contributed by atoms with Gasteiger partial charge in [0.05, 0.1) is 34.4 Å². The standard InChI is InChI=1S/C24H32N2O3.2ClH/c1-27-22-8-6-18(7-9-22)15-25-11-4-5-21(17-25)26-12-10-19-13-23(28-2)24(29-3)14-20(19)16-26;;/h6-9,13-14,21H,4-5,10-12,15-17H2,1-3H3;2*1H. The molecule has 0 aromatic heterocycles. The van der Waals surface area contributed by atoms with E-state index in [4.69, 9.17) is 14.2 Å². The zero-order valence-electron chi connectivity index (χ0n) is 18.7. The van der Waals surface area contributed by atoms with Gasteiger partial charge in [-0.25, -0.2) is 0 Å². The van der Waals surface area contributed by atoms with Crippen molar-refractivity contribution in [1.29, 1.82) is 0 Å². The van der Waals surface area contributed by atoms with Gasteiger partial charge in [-0.1, -0.05) is 0 Å². The Labute approximate surface area is 198 Å². The first kappa shape index (κ1) is 25.6. The summed E-state index contributed by atoms with van der Waals surface area (Å²) in [5.74, 6) is 2.63. The lowest BCUT2D eigenvalue weighted by Crippen LogP contribution is -3.24. The van der Waals surface area contributed by atoms with E-state index in [1.54, 1.807) is 31.1 Å². The Hall–Kier alpha value is -1.66. The molecule has 0 radical (unpaired) electrons. The van der Waals surface area contributed by atoms with Crippen LogP contribution in [0, 0.1) is 0 Å². The number of hydrogen-bond donors (Lipinski definition) is 2. The van der Waals surface area contributed by atoms with E-state index >= 15 is 0 Å². The zero-order chi connectivity index (χ0) is 20.2. The summed E-state index contributed by atoms with van der Waals surface area (Å²) in [7, 11) is 5.16. The lowest BCUT2D eigenvalue weighted by Gasteiger charge is -2.37. The quantitative estimate of drug-likeness (QED) is 0.445. The Morgan fingerprint density at radius 2 is 1.55 bits per heavy atom. The second-order valence-corrected chi connectivity index (χ2v) is 8.38. The van der Waals surface area contributed by atoms with Crippen LogP contribution in [0.2, 0.25) is 0 Å². The van der Waals surface area contributed by atoms with Gasteiger partial charge in [-0.05, 0) is 42.0 Å². The Balaban J connectivity index is 0.00000171. The van der Waals surface area contributed by atoms with Crippen LogP contribution in [-0.4, -0.2) is 47.0 Å². The number of nitrogens with one attached hydrogen (secondary N) is 2. The second kappa shape index (κ2) is 11.8. The first-order valence-electron chi connectivity index (χ1n) is 10.7. The molecule has 1 saturated heterocycles. The molecule has 2 aromatic rings. The molecule has 1 fully saturated rings. The number of quaternary nitrogens is 2. The summed E-state index contributed by atoms with van der Waals surface area (Å²) in [6, 6.07) is 13.7. The second-order valence-electron chi connectivity index (χ2n) is 8.38. The summed E-state index contributed by atoms with van der Waals surface area (Å²) in [6.07, 6.45) is 3.78. The first-order chi connectivity index (χ1) is 14.2. The summed E-state index contributed by atoms with van der Waals surface area (Å²) in [5, 5.41) is 0. The van der Waals surface area contributed by atoms with Crippen molar-refractivity contribution in [2.45, 2.75) is 38.4 Å². The third-order valence-electron chi connectivity index (χ3n) is 6.65. The molecule has 3 unspecified atom stereocenters. The highest BCUT2D eigenvalue weighted by Crippen LogP contribution is 2.31. The van der Waals surface area contributed by atoms with Crippen molar-refractivity contribution in [3.05, 3.63) is 53.1 Å². The average molecular weight is 469 g/mol. The van der Waals surface area contributed by atoms with E-state index in [1.807, 2.05) is 0 Å². The van der Waals surface area contributed by atoms with Crippen molar-refractivity contribution in [3.63, 3.8) is 0 Å². The van der Waals surface area contributed by atoms with Gasteiger partial charge in [-0.2, -0.15) is 0 Å². The summed E-state index contributed by atoms with van der Waals surface area (Å²) in [4.78, 5) is 3.44. The number of rotatable bonds is 6. The summed E-state index contributed by atoms with van der Waals surface area (Å²) in [6.45, 7) is 5.94. The van der Waals surface area contributed by atoms with Crippen LogP contribution in [-0.2, 0) is 19.5 Å². The first-order valence-corrected chi connectivity index (χ1v) is 10.7. The maximum absolute atomic E-state index is 5.54. The van der Waals surface area contributed by atoms with E-state index in [0.29, 0.717) is 0 Å². The Morgan fingerprint density at radius 1 is 0.871 bits per heavy atom. The van der Waals surface area contributed by atoms with E-state index < -0.39 is 0 Å². The number of hydrogen-bond acceptors (Lipinski definition) is 3. The molecule has 2 aromatic carbocycles. The van der Waals surface area contributed by atoms with E-state index in [0.717, 1.165) is 42.8 Å². The van der Waals surface area contributed by atoms with Crippen LogP contribution in [0.4, 0.5) is 0 Å². The van der Waals surface area contributed by atoms with Crippen molar-refractivity contribution in [2.24, 2.45) is 0 Å². The molecule has 2 N–H and O–H groups in total. The molecule has 0 spiro atoms. The zero-order valence-corrected chi connectivity index (χ0v) is 20.2. The van der Waals surface area contributed by atoms with Crippen LogP contribution in [0.15, 0.2) is 36.4 Å². The van der Waals surface area contributed by atoms with Gasteiger partial charge < -0.3 is 48.8 Å². The maximum atomic E-state index is 5.54. The largest absolute Gasteiger partial charge is 1.00 e. The number of fused-ring (bicyclic) bond motifs is 1. The van der Waals surface area contributed by atoms with E-state index in [-0.39, 0.29) is 24.8 Å². The van der Waals surface area contributed by atoms with Gasteiger partial charge in [0, 0.05) is 30.4 Å². The van der Waals surface area contributed by atoms with Crippen molar-refractivity contribution < 1.29 is 48.8 Å². The molecule has 2 aliphatic heterocycles. The van der Waals surface area contributed by atoms with Gasteiger partial charge in [0.15, 0.2) is 11.5 Å². The van der Waals surface area contributed by atoms with Crippen LogP contribution in [0.5, 0.6) is 17.2 Å². The molecule has 3 atom stereocenters. The smallest absolute Gasteiger partial charge is 0.161 e. The normalized spacial score (nSPS) is 22.4. The molecule has 4 rings (SSSR count). The predicted octanol–water partition coefficient (Wildman–Crippen LogP) is -5.09. The minimum Gasteiger partial charge on any atom is -1.00 e. The van der Waals surface area contributed by atoms with Gasteiger partial charge in [-0.3, -0.25) is 0 Å². The Morgan fingerprint density at radius 3 is 2.19 bits per heavy atom. The monoisotopic (exact) mass is 468 g/mol. The molecule has 31 heavy (non-hydrogen) atoms. The predicted molar refractivity (Wildman–Crippen MR) is 113 cm³/mol. The van der Waals surface area contributed by atoms with Gasteiger partial charge >= 0.3 is 0 Å². The molecule has 2 heterocycles. The number of ether oxygens (including phenoxy) is 3. The molecule has 0 bridgehead atoms. The highest BCUT2D eigenvalue weighted by atomic mass is 35.5. The van der Waals surface area contributed by atoms with Crippen molar-refractivity contribution in [2.75, 3.05) is 41.0 Å². The van der Waals surface area contributed by atoms with E-state index in [9.17, 15) is 0 Å². The van der Waals surface area contributed by atoms with Crippen molar-refractivity contribution in [1.82, 2.24) is 0 Å². The SMILES string of the molecule is COc1ccc(C[NH+]2CCCC([NH+]3CCc4cc(OC)c(OC)cc4C3)C2)cc1.[Cl-].[Cl-]. The van der Waals surface area contributed by atoms with Crippen molar-refractivity contribution >= 4 is 0 Å². The van der Waals surface area contributed by atoms with Gasteiger partial charge in [0.2, 0.25) is 0 Å². The fourth-order valence-corrected chi connectivity index (χ4v) is 5.03. The van der Waals surface area contributed by atoms with Crippen molar-refractivity contribution in [3.8, 4) is 17.2 Å². The molecular formula is C24H34Cl2N2O3. The average Bonchev–Trinajstić information content (AvgIpc) is 2.78. The highest BCUT2D eigenvalue weighted by molar-refractivity contribution is 5.47.